The first kappa shape index (κ1) is 31.0. The van der Waals surface area contributed by atoms with Gasteiger partial charge in [-0.25, -0.2) is 0 Å². The average molecular weight is 588 g/mol. The summed E-state index contributed by atoms with van der Waals surface area (Å²) in [5.74, 6) is 1.16. The van der Waals surface area contributed by atoms with Crippen LogP contribution in [-0.4, -0.2) is 28.6 Å². The van der Waals surface area contributed by atoms with Gasteiger partial charge in [0.05, 0.1) is 5.41 Å². The number of hydrogen-bond acceptors (Lipinski definition) is 2. The smallest absolute Gasteiger partial charge is 0.210 e. The highest BCUT2D eigenvalue weighted by Gasteiger charge is 2.45. The van der Waals surface area contributed by atoms with Crippen LogP contribution in [0.1, 0.15) is 70.1 Å². The predicted octanol–water partition coefficient (Wildman–Crippen LogP) is 9.71. The highest BCUT2D eigenvalue weighted by Crippen LogP contribution is 2.47. The van der Waals surface area contributed by atoms with E-state index in [2.05, 4.69) is 167 Å². The van der Waals surface area contributed by atoms with Crippen LogP contribution in [0.2, 0.25) is 0 Å². The molecule has 0 spiro atoms. The number of rotatable bonds is 10. The zero-order chi connectivity index (χ0) is 30.6. The molecule has 1 aliphatic carbocycles. The normalized spacial score (nSPS) is 20.2. The lowest BCUT2D eigenvalue weighted by atomic mass is 9.65. The van der Waals surface area contributed by atoms with Crippen LogP contribution < -0.4 is 5.73 Å². The number of unbranched alkanes of at least 4 members (excludes halogenated alkanes) is 1. The monoisotopic (exact) mass is 587 g/mol. The summed E-state index contributed by atoms with van der Waals surface area (Å²) in [6.45, 7) is 12.6. The van der Waals surface area contributed by atoms with Crippen LogP contribution in [0.3, 0.4) is 0 Å². The number of nitrogens with zero attached hydrogens (tertiary/aromatic N) is 1. The van der Waals surface area contributed by atoms with E-state index in [0.717, 1.165) is 25.1 Å². The Morgan fingerprint density at radius 2 is 1.65 bits per heavy atom. The SMILES string of the molecule is C\C(=C/C=C/C=C/C=C/C1=[N+](CCCCS)c2ccc3ccccc3c2C1(C)C)C(C)(C)C1c2ccccc2C=CC1N. The summed E-state index contributed by atoms with van der Waals surface area (Å²) < 4.78 is 2.53. The topological polar surface area (TPSA) is 29.0 Å². The highest BCUT2D eigenvalue weighted by molar-refractivity contribution is 7.80. The minimum Gasteiger partial charge on any atom is -0.324 e. The molecule has 0 saturated heterocycles. The Bertz CT molecular complexity index is 1660. The summed E-state index contributed by atoms with van der Waals surface area (Å²) in [7, 11) is 0. The van der Waals surface area contributed by atoms with E-state index in [1.165, 1.54) is 44.4 Å². The molecule has 1 heterocycles. The molecule has 0 radical (unpaired) electrons. The molecule has 43 heavy (non-hydrogen) atoms. The standard InChI is InChI=1S/C40H46N2S/c1-29(39(2,3)37-32-20-13-11-18-30(32)23-25-34(37)41)17-9-7-6-8-10-22-36-40(4,5)38-33-21-14-12-19-31(33)24-26-35(38)42(36)27-15-16-28-43/h6-14,17-26,34,37H,15-16,27-28,41H2,1-5H3/p+1/b8-6+,9-7+,22-10+,29-17+. The molecule has 0 amide bonds. The van der Waals surface area contributed by atoms with Crippen LogP contribution >= 0.6 is 12.6 Å². The summed E-state index contributed by atoms with van der Waals surface area (Å²) in [5, 5.41) is 2.66. The third kappa shape index (κ3) is 6.16. The first-order valence-corrected chi connectivity index (χ1v) is 16.3. The summed E-state index contributed by atoms with van der Waals surface area (Å²) in [4.78, 5) is 0. The zero-order valence-electron chi connectivity index (χ0n) is 26.4. The molecule has 2 nitrogen and oxygen atoms in total. The molecule has 1 aliphatic heterocycles. The lowest BCUT2D eigenvalue weighted by Gasteiger charge is -2.41. The highest BCUT2D eigenvalue weighted by atomic mass is 32.1. The van der Waals surface area contributed by atoms with Gasteiger partial charge in [-0.3, -0.25) is 0 Å². The van der Waals surface area contributed by atoms with E-state index in [9.17, 15) is 0 Å². The van der Waals surface area contributed by atoms with Gasteiger partial charge in [0.25, 0.3) is 0 Å². The third-order valence-corrected chi connectivity index (χ3v) is 9.91. The molecule has 0 fully saturated rings. The Morgan fingerprint density at radius 3 is 2.47 bits per heavy atom. The maximum absolute atomic E-state index is 6.64. The summed E-state index contributed by atoms with van der Waals surface area (Å²) in [5.41, 5.74) is 14.5. The van der Waals surface area contributed by atoms with Gasteiger partial charge in [0.1, 0.15) is 6.54 Å². The average Bonchev–Trinajstić information content (AvgIpc) is 3.21. The molecule has 2 N–H and O–H groups in total. The first-order valence-electron chi connectivity index (χ1n) is 15.7. The van der Waals surface area contributed by atoms with Gasteiger partial charge in [-0.15, -0.1) is 0 Å². The largest absolute Gasteiger partial charge is 0.324 e. The molecule has 3 heteroatoms. The van der Waals surface area contributed by atoms with Crippen molar-refractivity contribution in [1.82, 2.24) is 0 Å². The van der Waals surface area contributed by atoms with E-state index in [4.69, 9.17) is 5.73 Å². The van der Waals surface area contributed by atoms with Gasteiger partial charge in [0.15, 0.2) is 5.71 Å². The zero-order valence-corrected chi connectivity index (χ0v) is 27.3. The molecule has 0 saturated carbocycles. The number of nitrogens with two attached hydrogens (primary N) is 1. The number of hydrogen-bond donors (Lipinski definition) is 2. The number of allylic oxidation sites excluding steroid dienone is 8. The molecule has 0 aromatic heterocycles. The van der Waals surface area contributed by atoms with E-state index in [1.807, 2.05) is 0 Å². The first-order chi connectivity index (χ1) is 20.7. The van der Waals surface area contributed by atoms with Crippen molar-refractivity contribution in [3.8, 4) is 0 Å². The van der Waals surface area contributed by atoms with Crippen molar-refractivity contribution in [3.05, 3.63) is 132 Å². The molecular weight excluding hydrogens is 541 g/mol. The van der Waals surface area contributed by atoms with Gasteiger partial charge in [0.2, 0.25) is 5.69 Å². The van der Waals surface area contributed by atoms with Gasteiger partial charge in [-0.1, -0.05) is 117 Å². The minimum atomic E-state index is -0.0868. The van der Waals surface area contributed by atoms with Crippen molar-refractivity contribution in [2.75, 3.05) is 12.3 Å². The molecule has 5 rings (SSSR count). The van der Waals surface area contributed by atoms with Gasteiger partial charge in [-0.2, -0.15) is 17.2 Å². The Hall–Kier alpha value is -3.40. The molecular formula is C40H47N2S+. The van der Waals surface area contributed by atoms with Gasteiger partial charge in [0, 0.05) is 36.1 Å². The fourth-order valence-electron chi connectivity index (χ4n) is 7.01. The van der Waals surface area contributed by atoms with Crippen LogP contribution in [0.4, 0.5) is 5.69 Å². The third-order valence-electron chi connectivity index (χ3n) is 9.60. The Kier molecular flexibility index (Phi) is 9.44. The van der Waals surface area contributed by atoms with E-state index >= 15 is 0 Å². The predicted molar refractivity (Wildman–Crippen MR) is 191 cm³/mol. The molecule has 3 aromatic carbocycles. The lowest BCUT2D eigenvalue weighted by molar-refractivity contribution is -0.438. The van der Waals surface area contributed by atoms with Crippen LogP contribution in [0.15, 0.2) is 115 Å². The fourth-order valence-corrected chi connectivity index (χ4v) is 7.23. The Labute approximate surface area is 264 Å². The van der Waals surface area contributed by atoms with Crippen LogP contribution in [0, 0.1) is 5.41 Å². The van der Waals surface area contributed by atoms with E-state index < -0.39 is 0 Å². The molecule has 222 valence electrons. The second kappa shape index (κ2) is 13.1. The molecule has 0 bridgehead atoms. The van der Waals surface area contributed by atoms with Crippen molar-refractivity contribution in [2.24, 2.45) is 11.1 Å². The van der Waals surface area contributed by atoms with Gasteiger partial charge >= 0.3 is 0 Å². The quantitative estimate of drug-likeness (QED) is 0.105. The molecule has 2 atom stereocenters. The molecule has 2 aliphatic rings. The second-order valence-corrected chi connectivity index (χ2v) is 13.5. The summed E-state index contributed by atoms with van der Waals surface area (Å²) in [6.07, 6.45) is 21.8. The van der Waals surface area contributed by atoms with E-state index in [1.54, 1.807) is 0 Å². The van der Waals surface area contributed by atoms with E-state index in [-0.39, 0.29) is 22.8 Å². The Balaban J connectivity index is 1.33. The maximum atomic E-state index is 6.64. The van der Waals surface area contributed by atoms with Crippen LogP contribution in [0.25, 0.3) is 16.8 Å². The Morgan fingerprint density at radius 1 is 0.930 bits per heavy atom. The van der Waals surface area contributed by atoms with Crippen molar-refractivity contribution < 1.29 is 4.58 Å². The summed E-state index contributed by atoms with van der Waals surface area (Å²) in [6, 6.07) is 22.0. The van der Waals surface area contributed by atoms with Crippen molar-refractivity contribution >= 4 is 40.9 Å². The van der Waals surface area contributed by atoms with Crippen molar-refractivity contribution in [3.63, 3.8) is 0 Å². The summed E-state index contributed by atoms with van der Waals surface area (Å²) >= 11 is 4.46. The van der Waals surface area contributed by atoms with Gasteiger partial charge in [-0.05, 0) is 66.3 Å². The maximum Gasteiger partial charge on any atom is 0.210 e. The van der Waals surface area contributed by atoms with E-state index in [0.29, 0.717) is 0 Å². The molecule has 3 aromatic rings. The number of benzene rings is 3. The minimum absolute atomic E-state index is 0.00110. The van der Waals surface area contributed by atoms with Crippen LogP contribution in [-0.2, 0) is 5.41 Å². The lowest BCUT2D eigenvalue weighted by Crippen LogP contribution is -2.39. The second-order valence-electron chi connectivity index (χ2n) is 13.0. The number of fused-ring (bicyclic) bond motifs is 4. The fraction of sp³-hybridized carbons (Fsp3) is 0.325. The van der Waals surface area contributed by atoms with Crippen molar-refractivity contribution in [1.29, 1.82) is 0 Å². The van der Waals surface area contributed by atoms with Crippen molar-refractivity contribution in [2.45, 2.75) is 64.8 Å². The van der Waals surface area contributed by atoms with Crippen LogP contribution in [0.5, 0.6) is 0 Å². The van der Waals surface area contributed by atoms with Gasteiger partial charge < -0.3 is 5.73 Å². The molecule has 2 unspecified atom stereocenters. The number of thiol groups is 1.